The molecule has 0 saturated heterocycles. The summed E-state index contributed by atoms with van der Waals surface area (Å²) in [5.74, 6) is 1.71. The van der Waals surface area contributed by atoms with Crippen molar-refractivity contribution in [1.29, 1.82) is 0 Å². The molecule has 36 heavy (non-hydrogen) atoms. The molecule has 4 rings (SSSR count). The van der Waals surface area contributed by atoms with Crippen LogP contribution in [-0.2, 0) is 15.6 Å². The lowest BCUT2D eigenvalue weighted by atomic mass is 10.2. The van der Waals surface area contributed by atoms with Gasteiger partial charge in [-0.1, -0.05) is 6.07 Å². The molecule has 3 aromatic heterocycles. The van der Waals surface area contributed by atoms with E-state index in [1.807, 2.05) is 0 Å². The summed E-state index contributed by atoms with van der Waals surface area (Å²) in [7, 11) is -0.978. The van der Waals surface area contributed by atoms with Gasteiger partial charge in [0.05, 0.1) is 19.5 Å². The minimum absolute atomic E-state index is 0.0243. The van der Waals surface area contributed by atoms with Gasteiger partial charge in [-0.05, 0) is 50.6 Å². The number of aliphatic hydroxyl groups is 1. The first-order chi connectivity index (χ1) is 17.2. The van der Waals surface area contributed by atoms with Crippen molar-refractivity contribution in [3.8, 4) is 28.8 Å². The van der Waals surface area contributed by atoms with Gasteiger partial charge in [0.1, 0.15) is 34.8 Å². The number of hydrogen-bond donors (Lipinski definition) is 1. The Morgan fingerprint density at radius 1 is 1.03 bits per heavy atom. The van der Waals surface area contributed by atoms with Crippen LogP contribution in [0, 0.1) is 13.8 Å². The van der Waals surface area contributed by atoms with E-state index < -0.39 is 26.9 Å². The van der Waals surface area contributed by atoms with E-state index in [1.165, 1.54) is 38.1 Å². The van der Waals surface area contributed by atoms with Crippen LogP contribution in [0.5, 0.6) is 11.5 Å². The molecule has 0 unspecified atom stereocenters. The molecule has 0 aliphatic carbocycles. The van der Waals surface area contributed by atoms with Crippen molar-refractivity contribution in [2.45, 2.75) is 37.9 Å². The molecule has 11 nitrogen and oxygen atoms in total. The van der Waals surface area contributed by atoms with Crippen molar-refractivity contribution in [2.75, 3.05) is 14.2 Å². The van der Waals surface area contributed by atoms with Gasteiger partial charge in [-0.15, -0.1) is 10.2 Å². The highest BCUT2D eigenvalue weighted by atomic mass is 32.2. The van der Waals surface area contributed by atoms with Crippen LogP contribution in [0.1, 0.15) is 36.0 Å². The highest BCUT2D eigenvalue weighted by Gasteiger charge is 2.34. The largest absolute Gasteiger partial charge is 0.494 e. The summed E-state index contributed by atoms with van der Waals surface area (Å²) in [5, 5.41) is 17.9. The van der Waals surface area contributed by atoms with Crippen molar-refractivity contribution in [2.24, 2.45) is 0 Å². The van der Waals surface area contributed by atoms with Crippen molar-refractivity contribution in [3.05, 3.63) is 65.7 Å². The van der Waals surface area contributed by atoms with Crippen LogP contribution in [0.3, 0.4) is 0 Å². The molecule has 4 aromatic rings. The van der Waals surface area contributed by atoms with Gasteiger partial charge in [-0.3, -0.25) is 4.57 Å². The molecule has 1 N–H and O–H groups in total. The zero-order valence-corrected chi connectivity index (χ0v) is 21.4. The second-order valence-corrected chi connectivity index (χ2v) is 10.6. The first-order valence-corrected chi connectivity index (χ1v) is 12.8. The van der Waals surface area contributed by atoms with E-state index in [-0.39, 0.29) is 17.5 Å². The van der Waals surface area contributed by atoms with Crippen LogP contribution in [-0.4, -0.2) is 57.7 Å². The van der Waals surface area contributed by atoms with Crippen molar-refractivity contribution < 1.29 is 27.4 Å². The number of rotatable bonds is 9. The Hall–Kier alpha value is -3.77. The number of nitrogens with zero attached hydrogens (tertiary/aromatic N) is 5. The number of aliphatic hydroxyl groups excluding tert-OH is 1. The number of methoxy groups -OCH3 is 2. The quantitative estimate of drug-likeness (QED) is 0.355. The fourth-order valence-corrected chi connectivity index (χ4v) is 5.01. The normalized spacial score (nSPS) is 13.4. The predicted molar refractivity (Wildman–Crippen MR) is 131 cm³/mol. The molecule has 0 aliphatic heterocycles. The molecule has 0 bridgehead atoms. The van der Waals surface area contributed by atoms with Crippen LogP contribution in [0.4, 0.5) is 0 Å². The standard InChI is InChI=1S/C24H27N5O6S/c1-14-11-25-23(26-12-14)22(30)16(3)36(31,32)13-20-27-28-24(19-10-9-15(2)35-19)29(20)21-17(33-4)7-6-8-18(21)34-5/h6-12,16,22,30H,13H2,1-5H3/t16-,22+/m0/s1. The first-order valence-electron chi connectivity index (χ1n) is 11.1. The number of aryl methyl sites for hydroxylation is 2. The first kappa shape index (κ1) is 25.3. The Morgan fingerprint density at radius 3 is 2.22 bits per heavy atom. The number of benzene rings is 1. The van der Waals surface area contributed by atoms with Gasteiger partial charge >= 0.3 is 0 Å². The second-order valence-electron chi connectivity index (χ2n) is 8.27. The fraction of sp³-hybridized carbons (Fsp3) is 0.333. The Kier molecular flexibility index (Phi) is 7.09. The zero-order chi connectivity index (χ0) is 26.0. The smallest absolute Gasteiger partial charge is 0.204 e. The van der Waals surface area contributed by atoms with Gasteiger partial charge in [0.15, 0.2) is 27.2 Å². The third kappa shape index (κ3) is 4.82. The maximum Gasteiger partial charge on any atom is 0.204 e. The van der Waals surface area contributed by atoms with Crippen molar-refractivity contribution >= 4 is 9.84 Å². The molecule has 3 heterocycles. The lowest BCUT2D eigenvalue weighted by Crippen LogP contribution is -2.29. The monoisotopic (exact) mass is 513 g/mol. The van der Waals surface area contributed by atoms with Crippen LogP contribution in [0.15, 0.2) is 47.1 Å². The van der Waals surface area contributed by atoms with E-state index in [9.17, 15) is 13.5 Å². The van der Waals surface area contributed by atoms with Gasteiger partial charge in [-0.25, -0.2) is 18.4 Å². The third-order valence-corrected chi connectivity index (χ3v) is 7.77. The summed E-state index contributed by atoms with van der Waals surface area (Å²) in [6.45, 7) is 4.99. The van der Waals surface area contributed by atoms with Crippen LogP contribution >= 0.6 is 0 Å². The molecule has 190 valence electrons. The maximum atomic E-state index is 13.4. The highest BCUT2D eigenvalue weighted by molar-refractivity contribution is 7.91. The van der Waals surface area contributed by atoms with E-state index in [1.54, 1.807) is 44.2 Å². The lowest BCUT2D eigenvalue weighted by molar-refractivity contribution is 0.166. The summed E-state index contributed by atoms with van der Waals surface area (Å²) < 4.78 is 45.3. The second kappa shape index (κ2) is 10.1. The number of para-hydroxylation sites is 1. The molecule has 1 aromatic carbocycles. The minimum Gasteiger partial charge on any atom is -0.494 e. The molecular weight excluding hydrogens is 486 g/mol. The van der Waals surface area contributed by atoms with Gasteiger partial charge in [0.25, 0.3) is 0 Å². The molecular formula is C24H27N5O6S. The van der Waals surface area contributed by atoms with Gasteiger partial charge in [-0.2, -0.15) is 0 Å². The SMILES string of the molecule is COc1cccc(OC)c1-n1c(CS(=O)(=O)[C@@H](C)[C@@H](O)c2ncc(C)cn2)nnc1-c1ccc(C)o1. The Bertz CT molecular complexity index is 1440. The van der Waals surface area contributed by atoms with Crippen LogP contribution < -0.4 is 9.47 Å². The molecule has 0 radical (unpaired) electrons. The van der Waals surface area contributed by atoms with E-state index in [2.05, 4.69) is 20.2 Å². The Morgan fingerprint density at radius 2 is 1.67 bits per heavy atom. The van der Waals surface area contributed by atoms with Gasteiger partial charge in [0, 0.05) is 12.4 Å². The van der Waals surface area contributed by atoms with Gasteiger partial charge < -0.3 is 19.0 Å². The van der Waals surface area contributed by atoms with Crippen molar-refractivity contribution in [1.82, 2.24) is 24.7 Å². The number of ether oxygens (including phenoxy) is 2. The molecule has 0 fully saturated rings. The molecule has 12 heteroatoms. The molecule has 0 spiro atoms. The highest BCUT2D eigenvalue weighted by Crippen LogP contribution is 2.37. The predicted octanol–water partition coefficient (Wildman–Crippen LogP) is 2.99. The van der Waals surface area contributed by atoms with Gasteiger partial charge in [0.2, 0.25) is 5.82 Å². The van der Waals surface area contributed by atoms with Crippen molar-refractivity contribution in [3.63, 3.8) is 0 Å². The number of furan rings is 1. The average Bonchev–Trinajstić information content (AvgIpc) is 3.48. The molecule has 0 saturated carbocycles. The molecule has 2 atom stereocenters. The van der Waals surface area contributed by atoms with E-state index in [0.717, 1.165) is 5.56 Å². The zero-order valence-electron chi connectivity index (χ0n) is 20.5. The van der Waals surface area contributed by atoms with E-state index in [4.69, 9.17) is 13.9 Å². The number of aromatic nitrogens is 5. The Balaban J connectivity index is 1.81. The minimum atomic E-state index is -3.97. The number of sulfone groups is 1. The summed E-state index contributed by atoms with van der Waals surface area (Å²) in [6.07, 6.45) is 1.61. The third-order valence-electron chi connectivity index (χ3n) is 5.72. The Labute approximate surface area is 208 Å². The van der Waals surface area contributed by atoms with Crippen LogP contribution in [0.2, 0.25) is 0 Å². The topological polar surface area (TPSA) is 142 Å². The summed E-state index contributed by atoms with van der Waals surface area (Å²) in [4.78, 5) is 8.14. The van der Waals surface area contributed by atoms with E-state index >= 15 is 0 Å². The van der Waals surface area contributed by atoms with E-state index in [0.29, 0.717) is 28.7 Å². The van der Waals surface area contributed by atoms with Crippen LogP contribution in [0.25, 0.3) is 17.3 Å². The summed E-state index contributed by atoms with van der Waals surface area (Å²) in [6, 6.07) is 8.67. The summed E-state index contributed by atoms with van der Waals surface area (Å²) in [5.41, 5.74) is 1.21. The maximum absolute atomic E-state index is 13.4. The number of hydrogen-bond acceptors (Lipinski definition) is 10. The molecule has 0 aliphatic rings. The summed E-state index contributed by atoms with van der Waals surface area (Å²) >= 11 is 0. The fourth-order valence-electron chi connectivity index (χ4n) is 3.68. The average molecular weight is 514 g/mol. The lowest BCUT2D eigenvalue weighted by Gasteiger charge is -2.20. The molecule has 0 amide bonds.